The number of fused-ring (bicyclic) bond motifs is 1. The van der Waals surface area contributed by atoms with Gasteiger partial charge in [-0.05, 0) is 38.7 Å². The van der Waals surface area contributed by atoms with E-state index < -0.39 is 11.7 Å². The van der Waals surface area contributed by atoms with E-state index in [0.717, 1.165) is 25.3 Å². The second-order valence-corrected chi connectivity index (χ2v) is 6.95. The predicted octanol–water partition coefficient (Wildman–Crippen LogP) is 3.67. The Labute approximate surface area is 142 Å². The van der Waals surface area contributed by atoms with Crippen molar-refractivity contribution >= 4 is 17.0 Å². The van der Waals surface area contributed by atoms with Crippen molar-refractivity contribution in [2.45, 2.75) is 44.7 Å². The minimum absolute atomic E-state index is 0.0659. The van der Waals surface area contributed by atoms with E-state index in [4.69, 9.17) is 4.52 Å². The molecule has 1 amide bonds. The van der Waals surface area contributed by atoms with E-state index in [2.05, 4.69) is 10.1 Å². The molecule has 2 aromatic rings. The molecule has 1 saturated carbocycles. The number of aromatic nitrogens is 2. The normalized spacial score (nSPS) is 21.8. The summed E-state index contributed by atoms with van der Waals surface area (Å²) in [7, 11) is 0. The van der Waals surface area contributed by atoms with E-state index in [0.29, 0.717) is 19.5 Å². The molecule has 0 spiro atoms. The summed E-state index contributed by atoms with van der Waals surface area (Å²) in [4.78, 5) is 18.1. The highest BCUT2D eigenvalue weighted by atomic mass is 19.4. The first-order valence-corrected chi connectivity index (χ1v) is 8.47. The number of aryl methyl sites for hydroxylation is 1. The van der Waals surface area contributed by atoms with Crippen LogP contribution in [-0.2, 0) is 11.0 Å². The number of carbonyl (C=O) groups is 1. The summed E-state index contributed by atoms with van der Waals surface area (Å²) in [6, 6.07) is 1.03. The van der Waals surface area contributed by atoms with Crippen LogP contribution in [0.1, 0.15) is 48.6 Å². The van der Waals surface area contributed by atoms with Crippen molar-refractivity contribution in [3.63, 3.8) is 0 Å². The SMILES string of the molecule is Cc1cc(C(F)(F)F)c2c([C@H]3CCCN(C(=O)C4CC4)C3)noc2n1. The molecule has 1 saturated heterocycles. The monoisotopic (exact) mass is 353 g/mol. The van der Waals surface area contributed by atoms with Crippen LogP contribution in [0.5, 0.6) is 0 Å². The first kappa shape index (κ1) is 16.4. The molecule has 8 heteroatoms. The van der Waals surface area contributed by atoms with Crippen molar-refractivity contribution in [2.75, 3.05) is 13.1 Å². The molecule has 4 rings (SSSR count). The zero-order chi connectivity index (χ0) is 17.8. The molecule has 0 bridgehead atoms. The zero-order valence-electron chi connectivity index (χ0n) is 13.8. The van der Waals surface area contributed by atoms with Gasteiger partial charge in [0.1, 0.15) is 0 Å². The highest BCUT2D eigenvalue weighted by Gasteiger charge is 2.39. The molecule has 0 N–H and O–H groups in total. The molecule has 0 radical (unpaired) electrons. The largest absolute Gasteiger partial charge is 0.417 e. The third-order valence-corrected chi connectivity index (χ3v) is 4.95. The van der Waals surface area contributed by atoms with Gasteiger partial charge in [0, 0.05) is 30.6 Å². The Morgan fingerprint density at radius 2 is 2.08 bits per heavy atom. The minimum Gasteiger partial charge on any atom is -0.342 e. The van der Waals surface area contributed by atoms with Gasteiger partial charge in [0.05, 0.1) is 16.6 Å². The van der Waals surface area contributed by atoms with E-state index in [9.17, 15) is 18.0 Å². The molecule has 1 aliphatic heterocycles. The van der Waals surface area contributed by atoms with Crippen LogP contribution in [0.15, 0.2) is 10.6 Å². The van der Waals surface area contributed by atoms with Crippen LogP contribution in [-0.4, -0.2) is 34.0 Å². The van der Waals surface area contributed by atoms with Crippen molar-refractivity contribution in [3.8, 4) is 0 Å². The lowest BCUT2D eigenvalue weighted by atomic mass is 9.91. The molecule has 3 heterocycles. The molecular weight excluding hydrogens is 335 g/mol. The number of hydrogen-bond donors (Lipinski definition) is 0. The smallest absolute Gasteiger partial charge is 0.342 e. The summed E-state index contributed by atoms with van der Waals surface area (Å²) >= 11 is 0. The third kappa shape index (κ3) is 2.98. The molecule has 2 fully saturated rings. The molecule has 0 unspecified atom stereocenters. The fourth-order valence-corrected chi connectivity index (χ4v) is 3.59. The molecule has 134 valence electrons. The van der Waals surface area contributed by atoms with Crippen LogP contribution in [0.2, 0.25) is 0 Å². The maximum atomic E-state index is 13.5. The van der Waals surface area contributed by atoms with Gasteiger partial charge in [0.25, 0.3) is 5.71 Å². The quantitative estimate of drug-likeness (QED) is 0.827. The summed E-state index contributed by atoms with van der Waals surface area (Å²) < 4.78 is 45.5. The first-order valence-electron chi connectivity index (χ1n) is 8.47. The van der Waals surface area contributed by atoms with Crippen LogP contribution < -0.4 is 0 Å². The Hall–Kier alpha value is -2.12. The van der Waals surface area contributed by atoms with Crippen molar-refractivity contribution in [1.29, 1.82) is 0 Å². The summed E-state index contributed by atoms with van der Waals surface area (Å²) in [5.41, 5.74) is -0.357. The molecule has 1 atom stereocenters. The molecule has 25 heavy (non-hydrogen) atoms. The van der Waals surface area contributed by atoms with Crippen molar-refractivity contribution in [1.82, 2.24) is 15.0 Å². The van der Waals surface area contributed by atoms with Gasteiger partial charge in [0.15, 0.2) is 0 Å². The number of pyridine rings is 1. The number of amides is 1. The predicted molar refractivity (Wildman–Crippen MR) is 82.8 cm³/mol. The number of carbonyl (C=O) groups excluding carboxylic acids is 1. The number of alkyl halides is 3. The number of piperidine rings is 1. The molecule has 2 aromatic heterocycles. The van der Waals surface area contributed by atoms with Crippen LogP contribution in [0.25, 0.3) is 11.1 Å². The summed E-state index contributed by atoms with van der Waals surface area (Å²) in [6.07, 6.45) is -1.26. The average Bonchev–Trinajstić information content (AvgIpc) is 3.32. The third-order valence-electron chi connectivity index (χ3n) is 4.95. The lowest BCUT2D eigenvalue weighted by Crippen LogP contribution is -2.40. The molecule has 2 aliphatic rings. The average molecular weight is 353 g/mol. The van der Waals surface area contributed by atoms with Gasteiger partial charge in [-0.25, -0.2) is 4.98 Å². The van der Waals surface area contributed by atoms with Crippen molar-refractivity contribution < 1.29 is 22.5 Å². The van der Waals surface area contributed by atoms with Crippen LogP contribution in [0.4, 0.5) is 13.2 Å². The van der Waals surface area contributed by atoms with Gasteiger partial charge >= 0.3 is 6.18 Å². The number of hydrogen-bond acceptors (Lipinski definition) is 4. The zero-order valence-corrected chi connectivity index (χ0v) is 13.8. The van der Waals surface area contributed by atoms with Crippen LogP contribution in [0, 0.1) is 12.8 Å². The van der Waals surface area contributed by atoms with Gasteiger partial charge in [-0.1, -0.05) is 5.16 Å². The van der Waals surface area contributed by atoms with Gasteiger partial charge < -0.3 is 9.42 Å². The standard InChI is InChI=1S/C17H18F3N3O2/c1-9-7-12(17(18,19)20)13-14(22-25-15(13)21-9)11-3-2-6-23(8-11)16(24)10-4-5-10/h7,10-11H,2-6,8H2,1H3/t11-/m0/s1. The second kappa shape index (κ2) is 5.71. The Kier molecular flexibility index (Phi) is 3.73. The minimum atomic E-state index is -4.51. The molecule has 0 aromatic carbocycles. The lowest BCUT2D eigenvalue weighted by Gasteiger charge is -2.32. The van der Waals surface area contributed by atoms with Gasteiger partial charge in [-0.3, -0.25) is 4.79 Å². The van der Waals surface area contributed by atoms with Gasteiger partial charge in [-0.15, -0.1) is 0 Å². The maximum Gasteiger partial charge on any atom is 0.417 e. The van der Waals surface area contributed by atoms with E-state index in [1.54, 1.807) is 4.90 Å². The van der Waals surface area contributed by atoms with E-state index in [1.807, 2.05) is 0 Å². The van der Waals surface area contributed by atoms with Crippen LogP contribution in [0.3, 0.4) is 0 Å². The number of likely N-dealkylation sites (tertiary alicyclic amines) is 1. The number of rotatable bonds is 2. The molecule has 5 nitrogen and oxygen atoms in total. The van der Waals surface area contributed by atoms with E-state index in [1.165, 1.54) is 6.92 Å². The Bertz CT molecular complexity index is 826. The summed E-state index contributed by atoms with van der Waals surface area (Å²) in [5, 5.41) is 3.85. The van der Waals surface area contributed by atoms with E-state index >= 15 is 0 Å². The van der Waals surface area contributed by atoms with E-state index in [-0.39, 0.29) is 40.2 Å². The Balaban J connectivity index is 1.72. The highest BCUT2D eigenvalue weighted by Crippen LogP contribution is 2.40. The molecular formula is C17H18F3N3O2. The summed E-state index contributed by atoms with van der Waals surface area (Å²) in [6.45, 7) is 2.54. The second-order valence-electron chi connectivity index (χ2n) is 6.95. The fraction of sp³-hybridized carbons (Fsp3) is 0.588. The van der Waals surface area contributed by atoms with Crippen molar-refractivity contribution in [3.05, 3.63) is 23.0 Å². The topological polar surface area (TPSA) is 59.2 Å². The van der Waals surface area contributed by atoms with Gasteiger partial charge in [-0.2, -0.15) is 13.2 Å². The number of halogens is 3. The Morgan fingerprint density at radius 1 is 1.32 bits per heavy atom. The van der Waals surface area contributed by atoms with Gasteiger partial charge in [0.2, 0.25) is 5.91 Å². The maximum absolute atomic E-state index is 13.5. The highest BCUT2D eigenvalue weighted by molar-refractivity contribution is 5.83. The Morgan fingerprint density at radius 3 is 2.76 bits per heavy atom. The first-order chi connectivity index (χ1) is 11.8. The lowest BCUT2D eigenvalue weighted by molar-refractivity contribution is -0.136. The number of nitrogens with zero attached hydrogens (tertiary/aromatic N) is 3. The van der Waals surface area contributed by atoms with Crippen LogP contribution >= 0.6 is 0 Å². The van der Waals surface area contributed by atoms with Crippen molar-refractivity contribution in [2.24, 2.45) is 5.92 Å². The summed E-state index contributed by atoms with van der Waals surface area (Å²) in [5.74, 6) is -0.0475. The fourth-order valence-electron chi connectivity index (χ4n) is 3.59. The molecule has 1 aliphatic carbocycles.